The number of nitrogens with zero attached hydrogens (tertiary/aromatic N) is 1. The minimum absolute atomic E-state index is 0.299. The van der Waals surface area contributed by atoms with Crippen LogP contribution in [0, 0.1) is 0 Å². The minimum atomic E-state index is -0.408. The zero-order valence-corrected chi connectivity index (χ0v) is 17.6. The molecule has 3 aromatic rings. The number of rotatable bonds is 5. The largest absolute Gasteiger partial charge is 0.493 e. The Morgan fingerprint density at radius 2 is 2.00 bits per heavy atom. The van der Waals surface area contributed by atoms with E-state index in [1.807, 2.05) is 18.2 Å². The third kappa shape index (κ3) is 3.19. The van der Waals surface area contributed by atoms with Crippen molar-refractivity contribution < 1.29 is 19.0 Å². The number of methoxy groups -OCH3 is 2. The molecule has 2 heterocycles. The van der Waals surface area contributed by atoms with Gasteiger partial charge in [-0.15, -0.1) is 11.3 Å². The molecule has 152 valence electrons. The molecule has 4 rings (SSSR count). The van der Waals surface area contributed by atoms with Crippen LogP contribution < -0.4 is 15.2 Å². The third-order valence-corrected chi connectivity index (χ3v) is 6.37. The van der Waals surface area contributed by atoms with Gasteiger partial charge in [0.2, 0.25) is 0 Å². The molecule has 0 atom stereocenters. The number of hydrogen-bond donors (Lipinski definition) is 1. The molecule has 2 N–H and O–H groups in total. The molecule has 1 aromatic carbocycles. The number of fused-ring (bicyclic) bond motifs is 2. The van der Waals surface area contributed by atoms with Crippen molar-refractivity contribution in [1.29, 1.82) is 0 Å². The number of carbonyl (C=O) groups excluding carboxylic acids is 1. The van der Waals surface area contributed by atoms with Gasteiger partial charge in [-0.25, -0.2) is 9.78 Å². The van der Waals surface area contributed by atoms with Crippen molar-refractivity contribution in [1.82, 2.24) is 4.98 Å². The first-order valence-corrected chi connectivity index (χ1v) is 10.5. The molecule has 2 aromatic heterocycles. The van der Waals surface area contributed by atoms with Gasteiger partial charge in [-0.05, 0) is 44.2 Å². The molecule has 0 radical (unpaired) electrons. The van der Waals surface area contributed by atoms with E-state index in [9.17, 15) is 4.79 Å². The minimum Gasteiger partial charge on any atom is -0.493 e. The number of para-hydroxylation sites is 1. The lowest BCUT2D eigenvalue weighted by atomic mass is 9.87. The molecule has 0 unspecified atom stereocenters. The highest BCUT2D eigenvalue weighted by Crippen LogP contribution is 2.48. The van der Waals surface area contributed by atoms with Crippen LogP contribution >= 0.6 is 11.3 Å². The number of hydrogen-bond acceptors (Lipinski definition) is 7. The summed E-state index contributed by atoms with van der Waals surface area (Å²) in [6.45, 7) is 2.08. The fraction of sp³-hybridized carbons (Fsp3) is 0.364. The molecule has 0 amide bonds. The Bertz CT molecular complexity index is 1090. The quantitative estimate of drug-likeness (QED) is 0.616. The van der Waals surface area contributed by atoms with Gasteiger partial charge in [-0.1, -0.05) is 12.1 Å². The van der Waals surface area contributed by atoms with Crippen LogP contribution in [0.1, 0.15) is 40.7 Å². The maximum Gasteiger partial charge on any atom is 0.350 e. The zero-order chi connectivity index (χ0) is 20.5. The number of nitrogen functional groups attached to an aromatic ring is 1. The maximum absolute atomic E-state index is 12.5. The molecule has 7 heteroatoms. The fourth-order valence-electron chi connectivity index (χ4n) is 4.04. The van der Waals surface area contributed by atoms with E-state index in [-0.39, 0.29) is 0 Å². The topological polar surface area (TPSA) is 83.7 Å². The SMILES string of the molecule is CCOC(=O)c1sc2nc3c(c(-c4cccc(OC)c4OC)c2c1N)CCCC3. The van der Waals surface area contributed by atoms with Crippen LogP contribution in [0.25, 0.3) is 21.3 Å². The molecule has 6 nitrogen and oxygen atoms in total. The molecule has 0 bridgehead atoms. The monoisotopic (exact) mass is 412 g/mol. The molecule has 1 aliphatic carbocycles. The lowest BCUT2D eigenvalue weighted by Crippen LogP contribution is -2.09. The average Bonchev–Trinajstić information content (AvgIpc) is 3.07. The number of thiophene rings is 1. The summed E-state index contributed by atoms with van der Waals surface area (Å²) < 4.78 is 16.4. The smallest absolute Gasteiger partial charge is 0.350 e. The Balaban J connectivity index is 2.08. The van der Waals surface area contributed by atoms with E-state index in [4.69, 9.17) is 24.9 Å². The van der Waals surface area contributed by atoms with Crippen LogP contribution in [0.15, 0.2) is 18.2 Å². The normalized spacial score (nSPS) is 13.2. The standard InChI is InChI=1S/C22H24N2O4S/c1-4-28-22(25)20-18(23)17-16(13-9-7-11-15(26-2)19(13)27-3)12-8-5-6-10-14(12)24-21(17)29-20/h7,9,11H,4-6,8,10,23H2,1-3H3. The van der Waals surface area contributed by atoms with E-state index in [2.05, 4.69) is 0 Å². The molecule has 0 spiro atoms. The molecule has 0 saturated heterocycles. The van der Waals surface area contributed by atoms with Gasteiger partial charge in [-0.2, -0.15) is 0 Å². The highest BCUT2D eigenvalue weighted by atomic mass is 32.1. The summed E-state index contributed by atoms with van der Waals surface area (Å²) in [6.07, 6.45) is 4.02. The van der Waals surface area contributed by atoms with Crippen LogP contribution in [-0.2, 0) is 17.6 Å². The summed E-state index contributed by atoms with van der Waals surface area (Å²) in [6, 6.07) is 5.81. The highest BCUT2D eigenvalue weighted by molar-refractivity contribution is 7.21. The summed E-state index contributed by atoms with van der Waals surface area (Å²) in [4.78, 5) is 18.5. The molecule has 29 heavy (non-hydrogen) atoms. The predicted molar refractivity (Wildman–Crippen MR) is 115 cm³/mol. The van der Waals surface area contributed by atoms with Gasteiger partial charge in [0.15, 0.2) is 11.5 Å². The second-order valence-corrected chi connectivity index (χ2v) is 7.90. The van der Waals surface area contributed by atoms with E-state index in [1.165, 1.54) is 16.9 Å². The molecule has 0 saturated carbocycles. The second kappa shape index (κ2) is 7.91. The second-order valence-electron chi connectivity index (χ2n) is 6.91. The summed E-state index contributed by atoms with van der Waals surface area (Å²) in [5.74, 6) is 0.895. The Hall–Kier alpha value is -2.80. The molecule has 0 fully saturated rings. The van der Waals surface area contributed by atoms with E-state index in [0.717, 1.165) is 52.7 Å². The predicted octanol–water partition coefficient (Wildman–Crippen LogP) is 4.62. The number of esters is 1. The van der Waals surface area contributed by atoms with Crippen LogP contribution in [0.2, 0.25) is 0 Å². The molecular formula is C22H24N2O4S. The Kier molecular flexibility index (Phi) is 5.32. The summed E-state index contributed by atoms with van der Waals surface area (Å²) in [5, 5.41) is 0.797. The number of nitrogens with two attached hydrogens (primary N) is 1. The van der Waals surface area contributed by atoms with Gasteiger partial charge in [0, 0.05) is 22.2 Å². The number of aryl methyl sites for hydroxylation is 1. The molecule has 0 aliphatic heterocycles. The van der Waals surface area contributed by atoms with Crippen LogP contribution in [0.4, 0.5) is 5.69 Å². The van der Waals surface area contributed by atoms with Crippen molar-refractivity contribution >= 4 is 33.2 Å². The number of anilines is 1. The molecule has 1 aliphatic rings. The van der Waals surface area contributed by atoms with Crippen molar-refractivity contribution in [3.8, 4) is 22.6 Å². The van der Waals surface area contributed by atoms with Crippen molar-refractivity contribution in [3.05, 3.63) is 34.3 Å². The lowest BCUT2D eigenvalue weighted by molar-refractivity contribution is 0.0533. The Labute approximate surface area is 173 Å². The van der Waals surface area contributed by atoms with E-state index in [1.54, 1.807) is 21.1 Å². The van der Waals surface area contributed by atoms with Crippen LogP contribution in [0.3, 0.4) is 0 Å². The average molecular weight is 413 g/mol. The van der Waals surface area contributed by atoms with Crippen LogP contribution in [0.5, 0.6) is 11.5 Å². The van der Waals surface area contributed by atoms with E-state index < -0.39 is 5.97 Å². The van der Waals surface area contributed by atoms with Gasteiger partial charge in [0.1, 0.15) is 9.71 Å². The Morgan fingerprint density at radius 3 is 2.72 bits per heavy atom. The first kappa shape index (κ1) is 19.5. The van der Waals surface area contributed by atoms with Gasteiger partial charge < -0.3 is 19.9 Å². The first-order chi connectivity index (χ1) is 14.1. The Morgan fingerprint density at radius 1 is 1.21 bits per heavy atom. The van der Waals surface area contributed by atoms with Gasteiger partial charge in [-0.3, -0.25) is 0 Å². The first-order valence-electron chi connectivity index (χ1n) is 9.72. The van der Waals surface area contributed by atoms with Gasteiger partial charge >= 0.3 is 5.97 Å². The van der Waals surface area contributed by atoms with Gasteiger partial charge in [0.25, 0.3) is 0 Å². The zero-order valence-electron chi connectivity index (χ0n) is 16.8. The maximum atomic E-state index is 12.5. The third-order valence-electron chi connectivity index (χ3n) is 5.29. The van der Waals surface area contributed by atoms with Gasteiger partial charge in [0.05, 0.1) is 26.5 Å². The van der Waals surface area contributed by atoms with Crippen LogP contribution in [-0.4, -0.2) is 31.8 Å². The van der Waals surface area contributed by atoms with Crippen molar-refractivity contribution in [2.75, 3.05) is 26.6 Å². The molecular weight excluding hydrogens is 388 g/mol. The fourth-order valence-corrected chi connectivity index (χ4v) is 5.05. The number of carbonyl (C=O) groups is 1. The number of benzene rings is 1. The van der Waals surface area contributed by atoms with E-state index >= 15 is 0 Å². The van der Waals surface area contributed by atoms with Crippen molar-refractivity contribution in [3.63, 3.8) is 0 Å². The van der Waals surface area contributed by atoms with E-state index in [0.29, 0.717) is 28.7 Å². The van der Waals surface area contributed by atoms with Crippen molar-refractivity contribution in [2.24, 2.45) is 0 Å². The summed E-state index contributed by atoms with van der Waals surface area (Å²) >= 11 is 1.29. The highest BCUT2D eigenvalue weighted by Gasteiger charge is 2.28. The number of pyridine rings is 1. The van der Waals surface area contributed by atoms with Crippen molar-refractivity contribution in [2.45, 2.75) is 32.6 Å². The lowest BCUT2D eigenvalue weighted by Gasteiger charge is -2.22. The summed E-state index contributed by atoms with van der Waals surface area (Å²) in [7, 11) is 3.25. The number of aromatic nitrogens is 1. The summed E-state index contributed by atoms with van der Waals surface area (Å²) in [5.41, 5.74) is 11.1. The number of ether oxygens (including phenoxy) is 3.